The minimum atomic E-state index is -0.101. The zero-order chi connectivity index (χ0) is 14.4. The Morgan fingerprint density at radius 2 is 2.00 bits per heavy atom. The van der Waals surface area contributed by atoms with E-state index in [9.17, 15) is 9.59 Å². The van der Waals surface area contributed by atoms with Crippen LogP contribution < -0.4 is 5.69 Å². The number of likely N-dealkylation sites (tertiary alicyclic amines) is 1. The summed E-state index contributed by atoms with van der Waals surface area (Å²) in [7, 11) is 0. The average molecular weight is 286 g/mol. The minimum absolute atomic E-state index is 0.101. The summed E-state index contributed by atoms with van der Waals surface area (Å²) in [5.74, 6) is 0.586. The first-order chi connectivity index (χ1) is 10.2. The van der Waals surface area contributed by atoms with Crippen LogP contribution in [0, 0.1) is 5.92 Å². The monoisotopic (exact) mass is 286 g/mol. The second kappa shape index (κ2) is 4.72. The average Bonchev–Trinajstić information content (AvgIpc) is 3.29. The summed E-state index contributed by atoms with van der Waals surface area (Å²) in [4.78, 5) is 33.2. The highest BCUT2D eigenvalue weighted by molar-refractivity contribution is 5.81. The van der Waals surface area contributed by atoms with Gasteiger partial charge in [-0.05, 0) is 37.8 Å². The molecule has 6 heteroatoms. The summed E-state index contributed by atoms with van der Waals surface area (Å²) in [6.07, 6.45) is 5.44. The lowest BCUT2D eigenvalue weighted by molar-refractivity contribution is -0.133. The van der Waals surface area contributed by atoms with Gasteiger partial charge in [-0.3, -0.25) is 14.3 Å². The molecule has 1 amide bonds. The Hall–Kier alpha value is -2.11. The number of nitrogens with zero attached hydrogens (tertiary/aromatic N) is 3. The summed E-state index contributed by atoms with van der Waals surface area (Å²) >= 11 is 0. The normalized spacial score (nSPS) is 20.1. The van der Waals surface area contributed by atoms with Gasteiger partial charge in [0, 0.05) is 31.2 Å². The Morgan fingerprint density at radius 3 is 2.71 bits per heavy atom. The molecule has 3 heterocycles. The Labute approximate surface area is 121 Å². The quantitative estimate of drug-likeness (QED) is 0.904. The molecular formula is C15H18N4O2. The topological polar surface area (TPSA) is 71.0 Å². The number of piperidine rings is 1. The van der Waals surface area contributed by atoms with E-state index >= 15 is 0 Å². The van der Waals surface area contributed by atoms with Gasteiger partial charge in [0.15, 0.2) is 5.65 Å². The summed E-state index contributed by atoms with van der Waals surface area (Å²) in [5, 5.41) is 0. The molecule has 2 aliphatic rings. The number of amides is 1. The van der Waals surface area contributed by atoms with Crippen molar-refractivity contribution >= 4 is 17.1 Å². The number of fused-ring (bicyclic) bond motifs is 1. The van der Waals surface area contributed by atoms with Crippen molar-refractivity contribution in [3.63, 3.8) is 0 Å². The fourth-order valence-corrected chi connectivity index (χ4v) is 3.25. The third-order valence-corrected chi connectivity index (χ3v) is 4.56. The van der Waals surface area contributed by atoms with Gasteiger partial charge in [-0.1, -0.05) is 0 Å². The third kappa shape index (κ3) is 2.14. The second-order valence-electron chi connectivity index (χ2n) is 6.00. The standard InChI is InChI=1S/C15H18N4O2/c20-14(10-3-4-10)18-8-5-11(6-9-18)19-12-2-1-7-16-13(12)17-15(19)21/h1-2,7,10-11H,3-6,8-9H2,(H,16,17,21). The largest absolute Gasteiger partial charge is 0.342 e. The molecule has 0 atom stereocenters. The first-order valence-electron chi connectivity index (χ1n) is 7.58. The van der Waals surface area contributed by atoms with Crippen LogP contribution in [0.5, 0.6) is 0 Å². The number of carbonyl (C=O) groups excluding carboxylic acids is 1. The SMILES string of the molecule is O=C(C1CC1)N1CCC(n2c(=O)[nH]c3ncccc32)CC1. The Bertz CT molecular complexity index is 735. The van der Waals surface area contributed by atoms with Crippen LogP contribution >= 0.6 is 0 Å². The highest BCUT2D eigenvalue weighted by Gasteiger charge is 2.35. The number of aromatic nitrogens is 3. The molecule has 0 unspecified atom stereocenters. The van der Waals surface area contributed by atoms with Crippen LogP contribution in [0.25, 0.3) is 11.2 Å². The third-order valence-electron chi connectivity index (χ3n) is 4.56. The minimum Gasteiger partial charge on any atom is -0.342 e. The number of nitrogens with one attached hydrogen (secondary N) is 1. The maximum atomic E-state index is 12.2. The van der Waals surface area contributed by atoms with E-state index in [4.69, 9.17) is 0 Å². The lowest BCUT2D eigenvalue weighted by atomic mass is 10.0. The van der Waals surface area contributed by atoms with E-state index in [2.05, 4.69) is 9.97 Å². The summed E-state index contributed by atoms with van der Waals surface area (Å²) in [5.41, 5.74) is 1.39. The molecule has 0 aromatic carbocycles. The molecule has 0 spiro atoms. The predicted octanol–water partition coefficient (Wildman–Crippen LogP) is 1.30. The van der Waals surface area contributed by atoms with E-state index in [0.717, 1.165) is 44.3 Å². The van der Waals surface area contributed by atoms with Crippen LogP contribution in [0.4, 0.5) is 0 Å². The smallest absolute Gasteiger partial charge is 0.327 e. The van der Waals surface area contributed by atoms with Gasteiger partial charge in [0.2, 0.25) is 5.91 Å². The number of imidazole rings is 1. The van der Waals surface area contributed by atoms with Crippen LogP contribution in [0.2, 0.25) is 0 Å². The number of hydrogen-bond acceptors (Lipinski definition) is 3. The van der Waals surface area contributed by atoms with Gasteiger partial charge in [0.05, 0.1) is 5.52 Å². The predicted molar refractivity (Wildman–Crippen MR) is 77.9 cm³/mol. The van der Waals surface area contributed by atoms with Crippen molar-refractivity contribution in [1.29, 1.82) is 0 Å². The molecule has 4 rings (SSSR count). The van der Waals surface area contributed by atoms with Crippen LogP contribution in [0.3, 0.4) is 0 Å². The van der Waals surface area contributed by atoms with Crippen molar-refractivity contribution in [1.82, 2.24) is 19.4 Å². The second-order valence-corrected chi connectivity index (χ2v) is 6.00. The van der Waals surface area contributed by atoms with Crippen LogP contribution in [0.1, 0.15) is 31.7 Å². The van der Waals surface area contributed by atoms with Gasteiger partial charge in [-0.25, -0.2) is 9.78 Å². The molecule has 0 bridgehead atoms. The van der Waals surface area contributed by atoms with E-state index in [-0.39, 0.29) is 17.6 Å². The molecule has 1 N–H and O–H groups in total. The van der Waals surface area contributed by atoms with E-state index in [0.29, 0.717) is 11.6 Å². The van der Waals surface area contributed by atoms with Crippen molar-refractivity contribution < 1.29 is 4.79 Å². The van der Waals surface area contributed by atoms with E-state index in [1.54, 1.807) is 10.8 Å². The number of carbonyl (C=O) groups is 1. The van der Waals surface area contributed by atoms with Crippen molar-refractivity contribution in [3.05, 3.63) is 28.8 Å². The maximum Gasteiger partial charge on any atom is 0.327 e. The Kier molecular flexibility index (Phi) is 2.83. The molecule has 1 aliphatic heterocycles. The zero-order valence-corrected chi connectivity index (χ0v) is 11.8. The highest BCUT2D eigenvalue weighted by atomic mass is 16.2. The molecule has 21 heavy (non-hydrogen) atoms. The number of rotatable bonds is 2. The van der Waals surface area contributed by atoms with E-state index in [1.807, 2.05) is 17.0 Å². The summed E-state index contributed by atoms with van der Waals surface area (Å²) < 4.78 is 1.81. The molecule has 6 nitrogen and oxygen atoms in total. The fourth-order valence-electron chi connectivity index (χ4n) is 3.25. The lowest BCUT2D eigenvalue weighted by Crippen LogP contribution is -2.41. The zero-order valence-electron chi connectivity index (χ0n) is 11.8. The molecular weight excluding hydrogens is 268 g/mol. The van der Waals surface area contributed by atoms with Crippen LogP contribution in [0.15, 0.2) is 23.1 Å². The first-order valence-corrected chi connectivity index (χ1v) is 7.58. The Balaban J connectivity index is 1.56. The first kappa shape index (κ1) is 12.6. The van der Waals surface area contributed by atoms with Crippen molar-refractivity contribution in [2.45, 2.75) is 31.7 Å². The number of aromatic amines is 1. The van der Waals surface area contributed by atoms with Crippen LogP contribution in [-0.2, 0) is 4.79 Å². The lowest BCUT2D eigenvalue weighted by Gasteiger charge is -2.32. The van der Waals surface area contributed by atoms with Crippen molar-refractivity contribution in [3.8, 4) is 0 Å². The van der Waals surface area contributed by atoms with Gasteiger partial charge in [-0.2, -0.15) is 0 Å². The molecule has 1 saturated carbocycles. The van der Waals surface area contributed by atoms with E-state index < -0.39 is 0 Å². The number of H-pyrrole nitrogens is 1. The maximum absolute atomic E-state index is 12.2. The number of pyridine rings is 1. The summed E-state index contributed by atoms with van der Waals surface area (Å²) in [6.45, 7) is 1.50. The highest BCUT2D eigenvalue weighted by Crippen LogP contribution is 2.33. The number of hydrogen-bond donors (Lipinski definition) is 1. The van der Waals surface area contributed by atoms with Crippen LogP contribution in [-0.4, -0.2) is 38.4 Å². The Morgan fingerprint density at radius 1 is 1.24 bits per heavy atom. The molecule has 1 saturated heterocycles. The van der Waals surface area contributed by atoms with Gasteiger partial charge in [-0.15, -0.1) is 0 Å². The molecule has 2 aromatic heterocycles. The molecule has 0 radical (unpaired) electrons. The van der Waals surface area contributed by atoms with Crippen molar-refractivity contribution in [2.75, 3.05) is 13.1 Å². The molecule has 110 valence electrons. The van der Waals surface area contributed by atoms with Gasteiger partial charge in [0.25, 0.3) is 0 Å². The fraction of sp³-hybridized carbons (Fsp3) is 0.533. The molecule has 1 aliphatic carbocycles. The molecule has 2 aromatic rings. The molecule has 2 fully saturated rings. The van der Waals surface area contributed by atoms with Gasteiger partial charge >= 0.3 is 5.69 Å². The summed E-state index contributed by atoms with van der Waals surface area (Å²) in [6, 6.07) is 3.92. The van der Waals surface area contributed by atoms with E-state index in [1.165, 1.54) is 0 Å². The van der Waals surface area contributed by atoms with Gasteiger partial charge < -0.3 is 4.90 Å². The van der Waals surface area contributed by atoms with Gasteiger partial charge in [0.1, 0.15) is 0 Å². The van der Waals surface area contributed by atoms with Crippen molar-refractivity contribution in [2.24, 2.45) is 5.92 Å².